The first kappa shape index (κ1) is 15.9. The molecule has 0 aliphatic rings. The lowest BCUT2D eigenvalue weighted by molar-refractivity contribution is -0.279. The minimum Gasteiger partial charge on any atom is -0.459 e. The van der Waals surface area contributed by atoms with Crippen LogP contribution in [-0.2, 0) is 4.89 Å². The van der Waals surface area contributed by atoms with E-state index in [9.17, 15) is 0 Å². The van der Waals surface area contributed by atoms with Crippen LogP contribution in [0.2, 0.25) is 0 Å². The van der Waals surface area contributed by atoms with E-state index < -0.39 is 5.60 Å². The van der Waals surface area contributed by atoms with E-state index in [1.807, 2.05) is 20.8 Å². The maximum Gasteiger partial charge on any atom is 0.362 e. The van der Waals surface area contributed by atoms with Gasteiger partial charge in [0, 0.05) is 0 Å². The van der Waals surface area contributed by atoms with E-state index in [-0.39, 0.29) is 31.2 Å². The fourth-order valence-electron chi connectivity index (χ4n) is 0.916. The molecule has 1 aromatic rings. The first-order chi connectivity index (χ1) is 9.44. The molecule has 0 fully saturated rings. The van der Waals surface area contributed by atoms with Gasteiger partial charge in [0.05, 0.1) is 0 Å². The Morgan fingerprint density at radius 3 is 1.75 bits per heavy atom. The SMILES string of the molecule is C=CCOc1nc(OCC=C)nc(OOC(C)(C)C)n1. The van der Waals surface area contributed by atoms with Crippen LogP contribution in [0.1, 0.15) is 20.8 Å². The molecule has 0 N–H and O–H groups in total. The van der Waals surface area contributed by atoms with Gasteiger partial charge in [0.2, 0.25) is 0 Å². The number of hydrogen-bond acceptors (Lipinski definition) is 7. The fourth-order valence-corrected chi connectivity index (χ4v) is 0.916. The average molecular weight is 281 g/mol. The third-order valence-electron chi connectivity index (χ3n) is 1.60. The number of rotatable bonds is 8. The molecule has 1 aromatic heterocycles. The summed E-state index contributed by atoms with van der Waals surface area (Å²) >= 11 is 0. The van der Waals surface area contributed by atoms with E-state index in [2.05, 4.69) is 28.1 Å². The highest BCUT2D eigenvalue weighted by molar-refractivity contribution is 5.09. The third-order valence-corrected chi connectivity index (χ3v) is 1.60. The van der Waals surface area contributed by atoms with Gasteiger partial charge in [-0.05, 0) is 20.8 Å². The molecule has 0 spiro atoms. The van der Waals surface area contributed by atoms with Crippen molar-refractivity contribution in [3.8, 4) is 18.0 Å². The molecule has 0 radical (unpaired) electrons. The van der Waals surface area contributed by atoms with Gasteiger partial charge in [0.1, 0.15) is 18.8 Å². The molecule has 0 aliphatic carbocycles. The second-order valence-electron chi connectivity index (χ2n) is 4.66. The van der Waals surface area contributed by atoms with Gasteiger partial charge < -0.3 is 9.47 Å². The molecule has 0 bridgehead atoms. The van der Waals surface area contributed by atoms with Gasteiger partial charge in [-0.25, -0.2) is 0 Å². The molecule has 0 amide bonds. The Morgan fingerprint density at radius 1 is 0.900 bits per heavy atom. The maximum absolute atomic E-state index is 5.23. The number of aromatic nitrogens is 3. The van der Waals surface area contributed by atoms with Crippen LogP contribution in [0.3, 0.4) is 0 Å². The van der Waals surface area contributed by atoms with E-state index in [1.165, 1.54) is 0 Å². The maximum atomic E-state index is 5.23. The summed E-state index contributed by atoms with van der Waals surface area (Å²) in [6.45, 7) is 13.1. The van der Waals surface area contributed by atoms with Gasteiger partial charge in [0.15, 0.2) is 0 Å². The molecular formula is C13H19N3O4. The summed E-state index contributed by atoms with van der Waals surface area (Å²) in [5, 5.41) is 0. The second-order valence-corrected chi connectivity index (χ2v) is 4.66. The van der Waals surface area contributed by atoms with E-state index in [0.29, 0.717) is 0 Å². The van der Waals surface area contributed by atoms with Crippen molar-refractivity contribution in [2.75, 3.05) is 13.2 Å². The summed E-state index contributed by atoms with van der Waals surface area (Å²) in [5.74, 6) is 0. The molecule has 7 nitrogen and oxygen atoms in total. The van der Waals surface area contributed by atoms with Crippen LogP contribution in [0.25, 0.3) is 0 Å². The van der Waals surface area contributed by atoms with Gasteiger partial charge >= 0.3 is 18.0 Å². The quantitative estimate of drug-likeness (QED) is 0.410. The van der Waals surface area contributed by atoms with Crippen molar-refractivity contribution < 1.29 is 19.2 Å². The van der Waals surface area contributed by atoms with Crippen LogP contribution < -0.4 is 14.4 Å². The van der Waals surface area contributed by atoms with Crippen molar-refractivity contribution in [3.05, 3.63) is 25.3 Å². The van der Waals surface area contributed by atoms with Gasteiger partial charge in [-0.3, -0.25) is 4.89 Å². The molecule has 7 heteroatoms. The standard InChI is InChI=1S/C13H19N3O4/c1-6-8-17-10-14-11(18-9-7-2)16-12(15-10)19-20-13(3,4)5/h6-7H,1-2,8-9H2,3-5H3. The first-order valence-corrected chi connectivity index (χ1v) is 6.04. The monoisotopic (exact) mass is 281 g/mol. The summed E-state index contributed by atoms with van der Waals surface area (Å²) in [5.41, 5.74) is -0.503. The van der Waals surface area contributed by atoms with Gasteiger partial charge in [-0.2, -0.15) is 4.89 Å². The Labute approximate surface area is 118 Å². The zero-order valence-electron chi connectivity index (χ0n) is 12.0. The highest BCUT2D eigenvalue weighted by Crippen LogP contribution is 2.17. The predicted molar refractivity (Wildman–Crippen MR) is 72.7 cm³/mol. The van der Waals surface area contributed by atoms with Crippen LogP contribution in [-0.4, -0.2) is 33.8 Å². The van der Waals surface area contributed by atoms with Gasteiger partial charge in [0.25, 0.3) is 0 Å². The topological polar surface area (TPSA) is 75.6 Å². The highest BCUT2D eigenvalue weighted by Gasteiger charge is 2.16. The largest absolute Gasteiger partial charge is 0.459 e. The summed E-state index contributed by atoms with van der Waals surface area (Å²) in [7, 11) is 0. The van der Waals surface area contributed by atoms with Gasteiger partial charge in [-0.15, -0.1) is 15.0 Å². The minimum atomic E-state index is -0.503. The van der Waals surface area contributed by atoms with Crippen LogP contribution in [0.15, 0.2) is 25.3 Å². The first-order valence-electron chi connectivity index (χ1n) is 6.04. The average Bonchev–Trinajstić information content (AvgIpc) is 2.40. The van der Waals surface area contributed by atoms with Gasteiger partial charge in [-0.1, -0.05) is 25.3 Å². The molecular weight excluding hydrogens is 262 g/mol. The van der Waals surface area contributed by atoms with Crippen molar-refractivity contribution in [2.45, 2.75) is 26.4 Å². The van der Waals surface area contributed by atoms with Crippen LogP contribution in [0.5, 0.6) is 18.0 Å². The summed E-state index contributed by atoms with van der Waals surface area (Å²) in [4.78, 5) is 22.0. The molecule has 0 saturated carbocycles. The molecule has 20 heavy (non-hydrogen) atoms. The molecule has 0 atom stereocenters. The summed E-state index contributed by atoms with van der Waals surface area (Å²) in [6.07, 6.45) is 3.14. The van der Waals surface area contributed by atoms with Crippen LogP contribution >= 0.6 is 0 Å². The van der Waals surface area contributed by atoms with Crippen molar-refractivity contribution in [1.82, 2.24) is 15.0 Å². The van der Waals surface area contributed by atoms with Crippen LogP contribution in [0, 0.1) is 0 Å². The smallest absolute Gasteiger partial charge is 0.362 e. The lowest BCUT2D eigenvalue weighted by atomic mass is 10.2. The van der Waals surface area contributed by atoms with Crippen molar-refractivity contribution >= 4 is 0 Å². The lowest BCUT2D eigenvalue weighted by Crippen LogP contribution is -2.22. The van der Waals surface area contributed by atoms with E-state index in [4.69, 9.17) is 19.2 Å². The minimum absolute atomic E-state index is 0.0481. The number of hydrogen-bond donors (Lipinski definition) is 0. The molecule has 0 aliphatic heterocycles. The molecule has 0 saturated heterocycles. The summed E-state index contributed by atoms with van der Waals surface area (Å²) in [6, 6.07) is 0.0750. The normalized spacial score (nSPS) is 10.8. The molecule has 1 heterocycles. The highest BCUT2D eigenvalue weighted by atomic mass is 17.2. The van der Waals surface area contributed by atoms with E-state index in [1.54, 1.807) is 12.2 Å². The fraction of sp³-hybridized carbons (Fsp3) is 0.462. The lowest BCUT2D eigenvalue weighted by Gasteiger charge is -2.16. The predicted octanol–water partition coefficient (Wildman–Crippen LogP) is 2.11. The molecule has 0 aromatic carbocycles. The Hall–Kier alpha value is -2.15. The second kappa shape index (κ2) is 7.44. The molecule has 110 valence electrons. The van der Waals surface area contributed by atoms with Crippen molar-refractivity contribution in [1.29, 1.82) is 0 Å². The third kappa shape index (κ3) is 6.14. The molecule has 0 unspecified atom stereocenters. The molecule has 1 rings (SSSR count). The Morgan fingerprint density at radius 2 is 1.35 bits per heavy atom. The van der Waals surface area contributed by atoms with Crippen molar-refractivity contribution in [3.63, 3.8) is 0 Å². The van der Waals surface area contributed by atoms with Crippen LogP contribution in [0.4, 0.5) is 0 Å². The Kier molecular flexibility index (Phi) is 5.92. The summed E-state index contributed by atoms with van der Waals surface area (Å²) < 4.78 is 10.5. The van der Waals surface area contributed by atoms with E-state index >= 15 is 0 Å². The Balaban J connectivity index is 2.84. The number of ether oxygens (including phenoxy) is 2. The van der Waals surface area contributed by atoms with Crippen molar-refractivity contribution in [2.24, 2.45) is 0 Å². The number of nitrogens with zero attached hydrogens (tertiary/aromatic N) is 3. The zero-order chi connectivity index (χ0) is 15.0. The zero-order valence-corrected chi connectivity index (χ0v) is 12.0. The van der Waals surface area contributed by atoms with E-state index in [0.717, 1.165) is 0 Å². The Bertz CT molecular complexity index is 427.